The second-order valence-electron chi connectivity index (χ2n) is 4.20. The van der Waals surface area contributed by atoms with Gasteiger partial charge in [-0.3, -0.25) is 0 Å². The van der Waals surface area contributed by atoms with Crippen molar-refractivity contribution in [1.29, 1.82) is 0 Å². The van der Waals surface area contributed by atoms with Crippen molar-refractivity contribution in [2.75, 3.05) is 6.61 Å². The monoisotopic (exact) mass is 222 g/mol. The molecule has 1 aromatic rings. The number of ether oxygens (including phenoxy) is 1. The van der Waals surface area contributed by atoms with Gasteiger partial charge in [-0.25, -0.2) is 0 Å². The Balaban J connectivity index is 3.01. The van der Waals surface area contributed by atoms with Gasteiger partial charge in [0.2, 0.25) is 0 Å². The molecule has 0 aromatic heterocycles. The zero-order chi connectivity index (χ0) is 12.1. The first-order valence-corrected chi connectivity index (χ1v) is 6.06. The molecule has 1 aromatic carbocycles. The molecular formula is C14H22O2. The largest absolute Gasteiger partial charge is 0.508 e. The van der Waals surface area contributed by atoms with Crippen LogP contribution in [0.15, 0.2) is 6.07 Å². The molecule has 0 radical (unpaired) electrons. The van der Waals surface area contributed by atoms with Gasteiger partial charge in [0.05, 0.1) is 6.61 Å². The molecule has 1 N–H and O–H groups in total. The van der Waals surface area contributed by atoms with Crippen molar-refractivity contribution in [3.63, 3.8) is 0 Å². The first-order valence-electron chi connectivity index (χ1n) is 6.06. The SMILES string of the molecule is CCCCOc1c(C)cc(O)c(C)c1CC. The lowest BCUT2D eigenvalue weighted by Gasteiger charge is -2.16. The number of aromatic hydroxyl groups is 1. The van der Waals surface area contributed by atoms with Gasteiger partial charge >= 0.3 is 0 Å². The van der Waals surface area contributed by atoms with Crippen LogP contribution >= 0.6 is 0 Å². The van der Waals surface area contributed by atoms with Crippen LogP contribution in [-0.2, 0) is 6.42 Å². The van der Waals surface area contributed by atoms with E-state index in [-0.39, 0.29) is 0 Å². The van der Waals surface area contributed by atoms with Crippen LogP contribution in [0.4, 0.5) is 0 Å². The second-order valence-corrected chi connectivity index (χ2v) is 4.20. The maximum atomic E-state index is 9.75. The molecule has 0 saturated heterocycles. The van der Waals surface area contributed by atoms with Crippen LogP contribution < -0.4 is 4.74 Å². The first kappa shape index (κ1) is 12.9. The molecule has 0 bridgehead atoms. The summed E-state index contributed by atoms with van der Waals surface area (Å²) in [6, 6.07) is 1.79. The van der Waals surface area contributed by atoms with Crippen LogP contribution in [-0.4, -0.2) is 11.7 Å². The molecule has 1 rings (SSSR count). The minimum absolute atomic E-state index is 0.372. The van der Waals surface area contributed by atoms with Crippen molar-refractivity contribution in [3.8, 4) is 11.5 Å². The molecule has 0 aliphatic heterocycles. The Kier molecular flexibility index (Phi) is 4.66. The summed E-state index contributed by atoms with van der Waals surface area (Å²) in [5.41, 5.74) is 3.10. The van der Waals surface area contributed by atoms with E-state index in [0.29, 0.717) is 5.75 Å². The van der Waals surface area contributed by atoms with E-state index in [9.17, 15) is 5.11 Å². The van der Waals surface area contributed by atoms with Crippen LogP contribution in [0.1, 0.15) is 43.4 Å². The third-order valence-corrected chi connectivity index (χ3v) is 2.92. The van der Waals surface area contributed by atoms with Crippen molar-refractivity contribution < 1.29 is 9.84 Å². The van der Waals surface area contributed by atoms with Crippen molar-refractivity contribution in [2.45, 2.75) is 47.0 Å². The first-order chi connectivity index (χ1) is 7.61. The van der Waals surface area contributed by atoms with Gasteiger partial charge in [0.15, 0.2) is 0 Å². The van der Waals surface area contributed by atoms with Gasteiger partial charge in [0, 0.05) is 5.56 Å². The molecule has 0 amide bonds. The maximum absolute atomic E-state index is 9.75. The van der Waals surface area contributed by atoms with Crippen LogP contribution in [0.5, 0.6) is 11.5 Å². The van der Waals surface area contributed by atoms with Crippen LogP contribution in [0, 0.1) is 13.8 Å². The Labute approximate surface area is 98.3 Å². The number of aryl methyl sites for hydroxylation is 1. The number of unbranched alkanes of at least 4 members (excludes halogenated alkanes) is 1. The average molecular weight is 222 g/mol. The number of phenols is 1. The summed E-state index contributed by atoms with van der Waals surface area (Å²) >= 11 is 0. The molecule has 0 aliphatic carbocycles. The fourth-order valence-electron chi connectivity index (χ4n) is 1.89. The molecule has 90 valence electrons. The Morgan fingerprint density at radius 3 is 2.50 bits per heavy atom. The predicted octanol–water partition coefficient (Wildman–Crippen LogP) is 3.75. The lowest BCUT2D eigenvalue weighted by Crippen LogP contribution is -2.03. The number of hydrogen-bond acceptors (Lipinski definition) is 2. The van der Waals surface area contributed by atoms with E-state index in [4.69, 9.17) is 4.74 Å². The highest BCUT2D eigenvalue weighted by Crippen LogP contribution is 2.33. The highest BCUT2D eigenvalue weighted by atomic mass is 16.5. The summed E-state index contributed by atoms with van der Waals surface area (Å²) in [5.74, 6) is 1.34. The molecular weight excluding hydrogens is 200 g/mol. The molecule has 0 aliphatic rings. The standard InChI is InChI=1S/C14H22O2/c1-5-7-8-16-14-10(3)9-13(15)11(4)12(14)6-2/h9,15H,5-8H2,1-4H3. The highest BCUT2D eigenvalue weighted by Gasteiger charge is 2.12. The smallest absolute Gasteiger partial charge is 0.125 e. The summed E-state index contributed by atoms with van der Waals surface area (Å²) < 4.78 is 5.82. The number of phenolic OH excluding ortho intramolecular Hbond substituents is 1. The molecule has 2 heteroatoms. The molecule has 0 saturated carbocycles. The highest BCUT2D eigenvalue weighted by molar-refractivity contribution is 5.52. The minimum Gasteiger partial charge on any atom is -0.508 e. The van der Waals surface area contributed by atoms with Crippen LogP contribution in [0.3, 0.4) is 0 Å². The fraction of sp³-hybridized carbons (Fsp3) is 0.571. The summed E-state index contributed by atoms with van der Waals surface area (Å²) in [6.45, 7) is 8.93. The van der Waals surface area contributed by atoms with E-state index in [0.717, 1.165) is 48.3 Å². The Morgan fingerprint density at radius 1 is 1.25 bits per heavy atom. The van der Waals surface area contributed by atoms with Gasteiger partial charge in [0.25, 0.3) is 0 Å². The predicted molar refractivity (Wildman–Crippen MR) is 67.4 cm³/mol. The third kappa shape index (κ3) is 2.69. The van der Waals surface area contributed by atoms with E-state index >= 15 is 0 Å². The van der Waals surface area contributed by atoms with Crippen molar-refractivity contribution in [1.82, 2.24) is 0 Å². The quantitative estimate of drug-likeness (QED) is 0.769. The van der Waals surface area contributed by atoms with Crippen molar-refractivity contribution in [3.05, 3.63) is 22.8 Å². The molecule has 16 heavy (non-hydrogen) atoms. The number of rotatable bonds is 5. The van der Waals surface area contributed by atoms with E-state index < -0.39 is 0 Å². The van der Waals surface area contributed by atoms with E-state index in [1.165, 1.54) is 0 Å². The van der Waals surface area contributed by atoms with Gasteiger partial charge < -0.3 is 9.84 Å². The van der Waals surface area contributed by atoms with Gasteiger partial charge in [-0.2, -0.15) is 0 Å². The summed E-state index contributed by atoms with van der Waals surface area (Å²) in [7, 11) is 0. The lowest BCUT2D eigenvalue weighted by atomic mass is 10.0. The topological polar surface area (TPSA) is 29.5 Å². The van der Waals surface area contributed by atoms with E-state index in [1.807, 2.05) is 13.8 Å². The Hall–Kier alpha value is -1.18. The summed E-state index contributed by atoms with van der Waals surface area (Å²) in [6.07, 6.45) is 3.10. The maximum Gasteiger partial charge on any atom is 0.125 e. The van der Waals surface area contributed by atoms with Crippen molar-refractivity contribution in [2.24, 2.45) is 0 Å². The normalized spacial score (nSPS) is 10.5. The second kappa shape index (κ2) is 5.78. The lowest BCUT2D eigenvalue weighted by molar-refractivity contribution is 0.303. The molecule has 0 fully saturated rings. The van der Waals surface area contributed by atoms with Crippen LogP contribution in [0.25, 0.3) is 0 Å². The summed E-state index contributed by atoms with van der Waals surface area (Å²) in [4.78, 5) is 0. The third-order valence-electron chi connectivity index (χ3n) is 2.92. The number of hydrogen-bond donors (Lipinski definition) is 1. The van der Waals surface area contributed by atoms with Gasteiger partial charge in [-0.05, 0) is 43.9 Å². The minimum atomic E-state index is 0.372. The average Bonchev–Trinajstić information content (AvgIpc) is 2.26. The fourth-order valence-corrected chi connectivity index (χ4v) is 1.89. The number of benzene rings is 1. The van der Waals surface area contributed by atoms with Crippen molar-refractivity contribution >= 4 is 0 Å². The zero-order valence-electron chi connectivity index (χ0n) is 10.8. The molecule has 2 nitrogen and oxygen atoms in total. The summed E-state index contributed by atoms with van der Waals surface area (Å²) in [5, 5.41) is 9.75. The molecule has 0 unspecified atom stereocenters. The van der Waals surface area contributed by atoms with E-state index in [2.05, 4.69) is 13.8 Å². The van der Waals surface area contributed by atoms with Crippen LogP contribution in [0.2, 0.25) is 0 Å². The Bertz CT molecular complexity index is 356. The molecule has 0 spiro atoms. The molecule has 0 atom stereocenters. The van der Waals surface area contributed by atoms with E-state index in [1.54, 1.807) is 6.07 Å². The van der Waals surface area contributed by atoms with Gasteiger partial charge in [-0.15, -0.1) is 0 Å². The van der Waals surface area contributed by atoms with Gasteiger partial charge in [-0.1, -0.05) is 20.3 Å². The molecule has 0 heterocycles. The zero-order valence-corrected chi connectivity index (χ0v) is 10.8. The van der Waals surface area contributed by atoms with Gasteiger partial charge in [0.1, 0.15) is 11.5 Å². The Morgan fingerprint density at radius 2 is 1.94 bits per heavy atom.